The van der Waals surface area contributed by atoms with Crippen LogP contribution in [0.15, 0.2) is 53.4 Å². The van der Waals surface area contributed by atoms with Crippen molar-refractivity contribution >= 4 is 11.8 Å². The van der Waals surface area contributed by atoms with E-state index in [-0.39, 0.29) is 0 Å². The third kappa shape index (κ3) is 3.09. The standard InChI is InChI=1S/C18H21NOS/c1-3-20-15-9-6-8-14(11-15)18(19-2)17-12-13-7-4-5-10-16(13)21-17/h4-11,17-19H,3,12H2,1-2H3. The maximum absolute atomic E-state index is 5.63. The Hall–Kier alpha value is -1.45. The van der Waals surface area contributed by atoms with Crippen molar-refractivity contribution in [3.8, 4) is 5.75 Å². The van der Waals surface area contributed by atoms with E-state index in [4.69, 9.17) is 4.74 Å². The summed E-state index contributed by atoms with van der Waals surface area (Å²) in [6.45, 7) is 2.73. The van der Waals surface area contributed by atoms with Gasteiger partial charge >= 0.3 is 0 Å². The molecule has 0 aromatic heterocycles. The molecular weight excluding hydrogens is 278 g/mol. The van der Waals surface area contributed by atoms with Crippen LogP contribution in [0, 0.1) is 0 Å². The normalized spacial score (nSPS) is 18.3. The van der Waals surface area contributed by atoms with Crippen molar-refractivity contribution in [2.75, 3.05) is 13.7 Å². The Balaban J connectivity index is 1.82. The summed E-state index contributed by atoms with van der Waals surface area (Å²) in [7, 11) is 2.04. The van der Waals surface area contributed by atoms with Gasteiger partial charge in [-0.1, -0.05) is 30.3 Å². The van der Waals surface area contributed by atoms with Crippen LogP contribution in [0.5, 0.6) is 5.75 Å². The zero-order valence-corrected chi connectivity index (χ0v) is 13.3. The summed E-state index contributed by atoms with van der Waals surface area (Å²) in [5, 5.41) is 4.02. The molecule has 0 fully saturated rings. The van der Waals surface area contributed by atoms with Gasteiger partial charge in [0.2, 0.25) is 0 Å². The second-order valence-corrected chi connectivity index (χ2v) is 6.52. The number of rotatable bonds is 5. The lowest BCUT2D eigenvalue weighted by Gasteiger charge is -2.23. The maximum Gasteiger partial charge on any atom is 0.119 e. The van der Waals surface area contributed by atoms with E-state index >= 15 is 0 Å². The topological polar surface area (TPSA) is 21.3 Å². The maximum atomic E-state index is 5.63. The highest BCUT2D eigenvalue weighted by atomic mass is 32.2. The largest absolute Gasteiger partial charge is 0.494 e. The van der Waals surface area contributed by atoms with E-state index in [2.05, 4.69) is 47.8 Å². The lowest BCUT2D eigenvalue weighted by atomic mass is 9.98. The highest BCUT2D eigenvalue weighted by Crippen LogP contribution is 2.42. The predicted molar refractivity (Wildman–Crippen MR) is 89.2 cm³/mol. The summed E-state index contributed by atoms with van der Waals surface area (Å²) >= 11 is 1.98. The Morgan fingerprint density at radius 1 is 1.24 bits per heavy atom. The van der Waals surface area contributed by atoms with Crippen molar-refractivity contribution in [1.82, 2.24) is 5.32 Å². The first-order valence-corrected chi connectivity index (χ1v) is 8.34. The SMILES string of the molecule is CCOc1cccc(C(NC)C2Cc3ccccc3S2)c1. The molecule has 0 aliphatic carbocycles. The number of thioether (sulfide) groups is 1. The number of ether oxygens (including phenoxy) is 1. The Kier molecular flexibility index (Phi) is 4.51. The van der Waals surface area contributed by atoms with Gasteiger partial charge in [0.25, 0.3) is 0 Å². The highest BCUT2D eigenvalue weighted by Gasteiger charge is 2.29. The number of hydrogen-bond acceptors (Lipinski definition) is 3. The molecule has 0 amide bonds. The van der Waals surface area contributed by atoms with Crippen molar-refractivity contribution < 1.29 is 4.74 Å². The highest BCUT2D eigenvalue weighted by molar-refractivity contribution is 8.00. The minimum atomic E-state index is 0.336. The van der Waals surface area contributed by atoms with Gasteiger partial charge in [-0.15, -0.1) is 11.8 Å². The minimum absolute atomic E-state index is 0.336. The summed E-state index contributed by atoms with van der Waals surface area (Å²) in [6, 6.07) is 17.5. The summed E-state index contributed by atoms with van der Waals surface area (Å²) < 4.78 is 5.63. The van der Waals surface area contributed by atoms with Gasteiger partial charge in [-0.05, 0) is 49.7 Å². The summed E-state index contributed by atoms with van der Waals surface area (Å²) in [5.74, 6) is 0.954. The van der Waals surface area contributed by atoms with Gasteiger partial charge in [0, 0.05) is 16.2 Å². The van der Waals surface area contributed by atoms with E-state index in [1.807, 2.05) is 31.8 Å². The molecule has 2 aromatic carbocycles. The predicted octanol–water partition coefficient (Wildman–Crippen LogP) is 4.06. The fourth-order valence-electron chi connectivity index (χ4n) is 2.93. The first kappa shape index (κ1) is 14.5. The Morgan fingerprint density at radius 2 is 2.10 bits per heavy atom. The van der Waals surface area contributed by atoms with Crippen LogP contribution in [0.4, 0.5) is 0 Å². The molecule has 1 heterocycles. The van der Waals surface area contributed by atoms with Crippen LogP contribution in [-0.2, 0) is 6.42 Å². The molecule has 0 radical (unpaired) electrons. The molecule has 0 saturated carbocycles. The molecule has 0 spiro atoms. The van der Waals surface area contributed by atoms with E-state index < -0.39 is 0 Å². The van der Waals surface area contributed by atoms with E-state index in [9.17, 15) is 0 Å². The molecule has 21 heavy (non-hydrogen) atoms. The van der Waals surface area contributed by atoms with E-state index in [1.165, 1.54) is 16.0 Å². The molecule has 3 rings (SSSR count). The molecule has 1 N–H and O–H groups in total. The molecule has 0 bridgehead atoms. The van der Waals surface area contributed by atoms with Gasteiger partial charge in [-0.2, -0.15) is 0 Å². The lowest BCUT2D eigenvalue weighted by Crippen LogP contribution is -2.27. The molecule has 110 valence electrons. The van der Waals surface area contributed by atoms with Crippen LogP contribution in [0.3, 0.4) is 0 Å². The summed E-state index contributed by atoms with van der Waals surface area (Å²) in [4.78, 5) is 1.42. The Labute approximate surface area is 130 Å². The Bertz CT molecular complexity index is 589. The third-order valence-electron chi connectivity index (χ3n) is 3.88. The van der Waals surface area contributed by atoms with Gasteiger partial charge in [-0.3, -0.25) is 0 Å². The van der Waals surface area contributed by atoms with Crippen molar-refractivity contribution in [3.63, 3.8) is 0 Å². The van der Waals surface area contributed by atoms with Crippen LogP contribution in [0.25, 0.3) is 0 Å². The van der Waals surface area contributed by atoms with Crippen molar-refractivity contribution in [1.29, 1.82) is 0 Å². The second-order valence-electron chi connectivity index (χ2n) is 5.24. The van der Waals surface area contributed by atoms with Crippen LogP contribution in [-0.4, -0.2) is 18.9 Å². The van der Waals surface area contributed by atoms with E-state index in [1.54, 1.807) is 0 Å². The molecule has 0 saturated heterocycles. The third-order valence-corrected chi connectivity index (χ3v) is 5.28. The summed E-state index contributed by atoms with van der Waals surface area (Å²) in [6.07, 6.45) is 1.12. The van der Waals surface area contributed by atoms with E-state index in [0.717, 1.165) is 12.2 Å². The quantitative estimate of drug-likeness (QED) is 0.899. The number of hydrogen-bond donors (Lipinski definition) is 1. The molecule has 3 heteroatoms. The first-order valence-electron chi connectivity index (χ1n) is 7.46. The average Bonchev–Trinajstić information content (AvgIpc) is 2.92. The molecule has 1 aliphatic heterocycles. The van der Waals surface area contributed by atoms with Crippen molar-refractivity contribution in [3.05, 3.63) is 59.7 Å². The van der Waals surface area contributed by atoms with Crippen LogP contribution in [0.1, 0.15) is 24.1 Å². The fourth-order valence-corrected chi connectivity index (χ4v) is 4.40. The molecular formula is C18H21NOS. The zero-order chi connectivity index (χ0) is 14.7. The van der Waals surface area contributed by atoms with Crippen LogP contribution < -0.4 is 10.1 Å². The van der Waals surface area contributed by atoms with Crippen molar-refractivity contribution in [2.45, 2.75) is 29.5 Å². The van der Waals surface area contributed by atoms with Crippen molar-refractivity contribution in [2.24, 2.45) is 0 Å². The molecule has 2 atom stereocenters. The second kappa shape index (κ2) is 6.54. The fraction of sp³-hybridized carbons (Fsp3) is 0.333. The van der Waals surface area contributed by atoms with E-state index in [0.29, 0.717) is 17.9 Å². The number of benzene rings is 2. The monoisotopic (exact) mass is 299 g/mol. The molecule has 1 aliphatic rings. The number of fused-ring (bicyclic) bond motifs is 1. The lowest BCUT2D eigenvalue weighted by molar-refractivity contribution is 0.339. The number of nitrogens with one attached hydrogen (secondary N) is 1. The first-order chi connectivity index (χ1) is 10.3. The molecule has 2 aromatic rings. The smallest absolute Gasteiger partial charge is 0.119 e. The van der Waals surface area contributed by atoms with Gasteiger partial charge in [-0.25, -0.2) is 0 Å². The van der Waals surface area contributed by atoms with Gasteiger partial charge in [0.1, 0.15) is 5.75 Å². The van der Waals surface area contributed by atoms with Gasteiger partial charge < -0.3 is 10.1 Å². The summed E-state index contributed by atoms with van der Waals surface area (Å²) in [5.41, 5.74) is 2.77. The molecule has 2 nitrogen and oxygen atoms in total. The molecule has 2 unspecified atom stereocenters. The van der Waals surface area contributed by atoms with Crippen LogP contribution >= 0.6 is 11.8 Å². The Morgan fingerprint density at radius 3 is 2.86 bits per heavy atom. The van der Waals surface area contributed by atoms with Gasteiger partial charge in [0.05, 0.1) is 6.61 Å². The van der Waals surface area contributed by atoms with Gasteiger partial charge in [0.15, 0.2) is 0 Å². The zero-order valence-electron chi connectivity index (χ0n) is 12.5. The average molecular weight is 299 g/mol. The van der Waals surface area contributed by atoms with Crippen LogP contribution in [0.2, 0.25) is 0 Å². The minimum Gasteiger partial charge on any atom is -0.494 e.